The maximum absolute atomic E-state index is 10.8. The van der Waals surface area contributed by atoms with Crippen LogP contribution in [0.1, 0.15) is 0 Å². The first-order chi connectivity index (χ1) is 5.41. The summed E-state index contributed by atoms with van der Waals surface area (Å²) in [7, 11) is 2.55. The van der Waals surface area contributed by atoms with Crippen molar-refractivity contribution in [2.75, 3.05) is 0 Å². The van der Waals surface area contributed by atoms with Crippen LogP contribution >= 0.6 is 10.7 Å². The van der Waals surface area contributed by atoms with E-state index in [4.69, 9.17) is 10.7 Å². The third kappa shape index (κ3) is 1.83. The van der Waals surface area contributed by atoms with Gasteiger partial charge in [-0.15, -0.1) is 0 Å². The zero-order valence-corrected chi connectivity index (χ0v) is 7.63. The molecule has 0 spiro atoms. The number of aromatic nitrogens is 2. The van der Waals surface area contributed by atoms with E-state index < -0.39 is 9.05 Å². The minimum Gasteiger partial charge on any atom is -0.314 e. The van der Waals surface area contributed by atoms with Crippen molar-refractivity contribution in [1.82, 2.24) is 9.55 Å². The Kier molecular flexibility index (Phi) is 2.20. The van der Waals surface area contributed by atoms with E-state index in [1.165, 1.54) is 7.05 Å². The molecule has 12 heavy (non-hydrogen) atoms. The average Bonchev–Trinajstić information content (AvgIpc) is 1.92. The lowest BCUT2D eigenvalue weighted by Gasteiger charge is -1.97. The van der Waals surface area contributed by atoms with E-state index in [-0.39, 0.29) is 10.6 Å². The SMILES string of the molecule is Cn1cc(S(=O)(=O)Cl)ncc1=O. The zero-order valence-electron chi connectivity index (χ0n) is 6.06. The van der Waals surface area contributed by atoms with Crippen molar-refractivity contribution in [2.24, 2.45) is 7.05 Å². The van der Waals surface area contributed by atoms with E-state index in [1.807, 2.05) is 0 Å². The molecular weight excluding hydrogens is 204 g/mol. The summed E-state index contributed by atoms with van der Waals surface area (Å²) in [6.07, 6.45) is 1.96. The molecule has 0 saturated carbocycles. The van der Waals surface area contributed by atoms with Gasteiger partial charge < -0.3 is 4.57 Å². The molecule has 7 heteroatoms. The molecule has 0 bridgehead atoms. The number of nitrogens with zero attached hydrogens (tertiary/aromatic N) is 2. The van der Waals surface area contributed by atoms with E-state index in [1.54, 1.807) is 0 Å². The van der Waals surface area contributed by atoms with Gasteiger partial charge in [-0.25, -0.2) is 13.4 Å². The summed E-state index contributed by atoms with van der Waals surface area (Å²) < 4.78 is 22.5. The summed E-state index contributed by atoms with van der Waals surface area (Å²) in [4.78, 5) is 14.1. The maximum Gasteiger partial charge on any atom is 0.280 e. The first-order valence-electron chi connectivity index (χ1n) is 2.88. The molecule has 0 aromatic carbocycles. The summed E-state index contributed by atoms with van der Waals surface area (Å²) >= 11 is 0. The van der Waals surface area contributed by atoms with Crippen LogP contribution in [0.2, 0.25) is 0 Å². The highest BCUT2D eigenvalue weighted by Crippen LogP contribution is 2.07. The van der Waals surface area contributed by atoms with Gasteiger partial charge in [-0.05, 0) is 0 Å². The summed E-state index contributed by atoms with van der Waals surface area (Å²) in [5, 5.41) is -0.328. The van der Waals surface area contributed by atoms with Crippen molar-refractivity contribution >= 4 is 19.7 Å². The van der Waals surface area contributed by atoms with Gasteiger partial charge in [-0.2, -0.15) is 0 Å². The minimum atomic E-state index is -3.84. The van der Waals surface area contributed by atoms with E-state index in [0.29, 0.717) is 0 Å². The van der Waals surface area contributed by atoms with Gasteiger partial charge in [-0.3, -0.25) is 4.79 Å². The monoisotopic (exact) mass is 208 g/mol. The maximum atomic E-state index is 10.8. The second-order valence-corrected chi connectivity index (χ2v) is 4.63. The topological polar surface area (TPSA) is 69.0 Å². The Morgan fingerprint density at radius 3 is 2.58 bits per heavy atom. The highest BCUT2D eigenvalue weighted by Gasteiger charge is 2.11. The van der Waals surface area contributed by atoms with E-state index >= 15 is 0 Å². The molecule has 0 N–H and O–H groups in total. The number of hydrogen-bond donors (Lipinski definition) is 0. The van der Waals surface area contributed by atoms with Crippen molar-refractivity contribution < 1.29 is 8.42 Å². The Balaban J connectivity index is 3.43. The predicted molar refractivity (Wildman–Crippen MR) is 42.5 cm³/mol. The van der Waals surface area contributed by atoms with Crippen molar-refractivity contribution in [3.63, 3.8) is 0 Å². The van der Waals surface area contributed by atoms with E-state index in [9.17, 15) is 13.2 Å². The molecule has 0 aliphatic rings. The largest absolute Gasteiger partial charge is 0.314 e. The number of halogens is 1. The normalized spacial score (nSPS) is 11.5. The molecule has 0 radical (unpaired) electrons. The van der Waals surface area contributed by atoms with Crippen molar-refractivity contribution in [1.29, 1.82) is 0 Å². The van der Waals surface area contributed by atoms with Gasteiger partial charge in [0.05, 0.1) is 6.20 Å². The molecule has 1 heterocycles. The van der Waals surface area contributed by atoms with Crippen molar-refractivity contribution in [2.45, 2.75) is 5.03 Å². The van der Waals surface area contributed by atoms with Crippen LogP contribution in [0.3, 0.4) is 0 Å². The van der Waals surface area contributed by atoms with Gasteiger partial charge in [0.15, 0.2) is 5.03 Å². The Bertz CT molecular complexity index is 450. The molecule has 0 atom stereocenters. The number of hydrogen-bond acceptors (Lipinski definition) is 4. The summed E-state index contributed by atoms with van der Waals surface area (Å²) in [6.45, 7) is 0. The smallest absolute Gasteiger partial charge is 0.280 e. The first-order valence-corrected chi connectivity index (χ1v) is 5.19. The number of aryl methyl sites for hydroxylation is 1. The zero-order chi connectivity index (χ0) is 9.35. The summed E-state index contributed by atoms with van der Waals surface area (Å²) in [5.41, 5.74) is -0.390. The second-order valence-electron chi connectivity index (χ2n) is 2.11. The van der Waals surface area contributed by atoms with Crippen LogP contribution in [-0.2, 0) is 16.1 Å². The molecule has 1 rings (SSSR count). The quantitative estimate of drug-likeness (QED) is 0.595. The van der Waals surface area contributed by atoms with Crippen LogP contribution in [0.15, 0.2) is 22.2 Å². The Hall–Kier alpha value is -0.880. The molecule has 0 amide bonds. The molecule has 0 saturated heterocycles. The van der Waals surface area contributed by atoms with Crippen LogP contribution < -0.4 is 5.56 Å². The molecule has 0 aliphatic carbocycles. The van der Waals surface area contributed by atoms with Gasteiger partial charge >= 0.3 is 0 Å². The highest BCUT2D eigenvalue weighted by molar-refractivity contribution is 8.13. The van der Waals surface area contributed by atoms with Crippen LogP contribution in [0, 0.1) is 0 Å². The van der Waals surface area contributed by atoms with Crippen LogP contribution in [0.4, 0.5) is 0 Å². The van der Waals surface area contributed by atoms with Gasteiger partial charge in [0.1, 0.15) is 0 Å². The Morgan fingerprint density at radius 1 is 1.58 bits per heavy atom. The lowest BCUT2D eigenvalue weighted by molar-refractivity contribution is 0.603. The second kappa shape index (κ2) is 2.87. The summed E-state index contributed by atoms with van der Waals surface area (Å²) in [6, 6.07) is 0. The minimum absolute atomic E-state index is 0.328. The third-order valence-electron chi connectivity index (χ3n) is 1.20. The molecule has 0 unspecified atom stereocenters. The number of rotatable bonds is 1. The third-order valence-corrected chi connectivity index (χ3v) is 2.39. The highest BCUT2D eigenvalue weighted by atomic mass is 35.7. The van der Waals surface area contributed by atoms with Gasteiger partial charge in [0.25, 0.3) is 14.6 Å². The molecule has 0 fully saturated rings. The molecule has 1 aromatic rings. The van der Waals surface area contributed by atoms with Crippen molar-refractivity contribution in [3.05, 3.63) is 22.7 Å². The van der Waals surface area contributed by atoms with E-state index in [2.05, 4.69) is 4.98 Å². The fourth-order valence-corrected chi connectivity index (χ4v) is 1.30. The lowest BCUT2D eigenvalue weighted by atomic mass is 10.7. The van der Waals surface area contributed by atoms with Gasteiger partial charge in [0, 0.05) is 23.9 Å². The first kappa shape index (κ1) is 9.21. The average molecular weight is 209 g/mol. The fraction of sp³-hybridized carbons (Fsp3) is 0.200. The standard InChI is InChI=1S/C5H5ClN2O3S/c1-8-3-4(12(6,10)11)7-2-5(8)9/h2-3H,1H3. The van der Waals surface area contributed by atoms with Crippen LogP contribution in [0.25, 0.3) is 0 Å². The van der Waals surface area contributed by atoms with Gasteiger partial charge in [-0.1, -0.05) is 0 Å². The predicted octanol–water partition coefficient (Wildman–Crippen LogP) is -0.292. The molecule has 5 nitrogen and oxygen atoms in total. The molecule has 0 aliphatic heterocycles. The molecular formula is C5H5ClN2O3S. The van der Waals surface area contributed by atoms with Gasteiger partial charge in [0.2, 0.25) is 0 Å². The summed E-state index contributed by atoms with van der Waals surface area (Å²) in [5.74, 6) is 0. The Labute approximate surface area is 73.0 Å². The van der Waals surface area contributed by atoms with Crippen LogP contribution in [0.5, 0.6) is 0 Å². The van der Waals surface area contributed by atoms with E-state index in [0.717, 1.165) is 17.0 Å². The lowest BCUT2D eigenvalue weighted by Crippen LogP contribution is -2.17. The fourth-order valence-electron chi connectivity index (χ4n) is 0.598. The van der Waals surface area contributed by atoms with Crippen LogP contribution in [-0.4, -0.2) is 18.0 Å². The molecule has 66 valence electrons. The molecule has 1 aromatic heterocycles. The Morgan fingerprint density at radius 2 is 2.17 bits per heavy atom. The van der Waals surface area contributed by atoms with Crippen molar-refractivity contribution in [3.8, 4) is 0 Å².